The summed E-state index contributed by atoms with van der Waals surface area (Å²) in [6, 6.07) is 8.85. The van der Waals surface area contributed by atoms with Crippen LogP contribution < -0.4 is 4.74 Å². The highest BCUT2D eigenvalue weighted by Crippen LogP contribution is 2.35. The molecule has 0 spiro atoms. The van der Waals surface area contributed by atoms with Crippen LogP contribution in [0.5, 0.6) is 5.75 Å². The van der Waals surface area contributed by atoms with E-state index in [4.69, 9.17) is 13.9 Å². The molecule has 8 nitrogen and oxygen atoms in total. The molecular weight excluding hydrogens is 484 g/mol. The quantitative estimate of drug-likeness (QED) is 0.431. The number of furan rings is 1. The molecule has 0 saturated carbocycles. The number of pyridine rings is 1. The van der Waals surface area contributed by atoms with Crippen LogP contribution in [0.3, 0.4) is 0 Å². The molecule has 4 rings (SSSR count). The minimum atomic E-state index is -2.71. The van der Waals surface area contributed by atoms with E-state index in [1.54, 1.807) is 46.0 Å². The van der Waals surface area contributed by atoms with Gasteiger partial charge in [0.1, 0.15) is 11.4 Å². The fourth-order valence-corrected chi connectivity index (χ4v) is 4.10. The Bertz CT molecular complexity index is 1290. The molecule has 2 amide bonds. The molecule has 1 fully saturated rings. The number of hydrogen-bond donors (Lipinski definition) is 0. The Labute approximate surface area is 214 Å². The highest BCUT2D eigenvalue weighted by molar-refractivity contribution is 5.94. The van der Waals surface area contributed by atoms with E-state index < -0.39 is 17.6 Å². The van der Waals surface area contributed by atoms with E-state index in [0.29, 0.717) is 28.4 Å². The molecule has 10 heteroatoms. The molecule has 37 heavy (non-hydrogen) atoms. The van der Waals surface area contributed by atoms with Gasteiger partial charge in [0.05, 0.1) is 24.9 Å². The van der Waals surface area contributed by atoms with E-state index >= 15 is 0 Å². The van der Waals surface area contributed by atoms with E-state index in [1.165, 1.54) is 23.1 Å². The lowest BCUT2D eigenvalue weighted by atomic mass is 10.0. The van der Waals surface area contributed by atoms with Crippen molar-refractivity contribution < 1.29 is 32.3 Å². The van der Waals surface area contributed by atoms with Crippen LogP contribution in [-0.2, 0) is 11.3 Å². The van der Waals surface area contributed by atoms with Crippen LogP contribution in [0.25, 0.3) is 22.2 Å². The highest BCUT2D eigenvalue weighted by Gasteiger charge is 2.35. The fourth-order valence-electron chi connectivity index (χ4n) is 4.10. The number of aromatic nitrogens is 1. The van der Waals surface area contributed by atoms with Crippen LogP contribution in [0.4, 0.5) is 13.6 Å². The zero-order chi connectivity index (χ0) is 27.0. The molecular formula is C27H31F2N3O5. The summed E-state index contributed by atoms with van der Waals surface area (Å²) in [5.41, 5.74) is 1.63. The van der Waals surface area contributed by atoms with E-state index in [2.05, 4.69) is 4.98 Å². The van der Waals surface area contributed by atoms with Crippen LogP contribution in [-0.4, -0.2) is 65.6 Å². The highest BCUT2D eigenvalue weighted by atomic mass is 19.3. The number of alkyl halides is 2. The molecule has 0 bridgehead atoms. The van der Waals surface area contributed by atoms with E-state index in [9.17, 15) is 18.4 Å². The molecule has 1 aromatic carbocycles. The van der Waals surface area contributed by atoms with Gasteiger partial charge >= 0.3 is 6.09 Å². The first-order valence-electron chi connectivity index (χ1n) is 12.0. The predicted molar refractivity (Wildman–Crippen MR) is 134 cm³/mol. The third-order valence-electron chi connectivity index (χ3n) is 6.04. The molecule has 0 aliphatic carbocycles. The van der Waals surface area contributed by atoms with Gasteiger partial charge < -0.3 is 23.7 Å². The Kier molecular flexibility index (Phi) is 7.12. The summed E-state index contributed by atoms with van der Waals surface area (Å²) in [5, 5.41) is 0.762. The molecule has 0 atom stereocenters. The number of hydrogen-bond acceptors (Lipinski definition) is 6. The van der Waals surface area contributed by atoms with Crippen molar-refractivity contribution in [3.8, 4) is 17.0 Å². The van der Waals surface area contributed by atoms with Crippen molar-refractivity contribution >= 4 is 23.0 Å². The number of amides is 2. The SMILES string of the molecule is COc1cc(-c2ccc(C(=O)N3CCC(F)(F)CC3)cn2)cc2cc(CN(C)C(=O)OC(C)(C)C)oc12. The molecule has 1 aliphatic heterocycles. The first-order valence-corrected chi connectivity index (χ1v) is 12.0. The van der Waals surface area contributed by atoms with Crippen LogP contribution in [0.1, 0.15) is 49.7 Å². The zero-order valence-electron chi connectivity index (χ0n) is 21.6. The summed E-state index contributed by atoms with van der Waals surface area (Å²) in [7, 11) is 3.16. The number of halogens is 2. The maximum absolute atomic E-state index is 13.4. The largest absolute Gasteiger partial charge is 0.493 e. The Balaban J connectivity index is 1.52. The number of carbonyl (C=O) groups is 2. The van der Waals surface area contributed by atoms with Gasteiger partial charge in [-0.3, -0.25) is 9.78 Å². The van der Waals surface area contributed by atoms with Gasteiger partial charge in [0, 0.05) is 50.1 Å². The van der Waals surface area contributed by atoms with Crippen molar-refractivity contribution in [3.63, 3.8) is 0 Å². The number of fused-ring (bicyclic) bond motifs is 1. The Morgan fingerprint density at radius 3 is 2.46 bits per heavy atom. The summed E-state index contributed by atoms with van der Waals surface area (Å²) in [4.78, 5) is 32.3. The molecule has 0 radical (unpaired) electrons. The topological polar surface area (TPSA) is 85.1 Å². The van der Waals surface area contributed by atoms with Crippen molar-refractivity contribution in [1.29, 1.82) is 0 Å². The number of likely N-dealkylation sites (tertiary alicyclic amines) is 1. The smallest absolute Gasteiger partial charge is 0.410 e. The zero-order valence-corrected chi connectivity index (χ0v) is 21.6. The first kappa shape index (κ1) is 26.4. The minimum Gasteiger partial charge on any atom is -0.493 e. The van der Waals surface area contributed by atoms with Gasteiger partial charge in [0.2, 0.25) is 0 Å². The van der Waals surface area contributed by atoms with Crippen molar-refractivity contribution in [2.45, 2.75) is 51.7 Å². The van der Waals surface area contributed by atoms with E-state index in [1.807, 2.05) is 12.1 Å². The number of nitrogens with zero attached hydrogens (tertiary/aromatic N) is 3. The van der Waals surface area contributed by atoms with Crippen LogP contribution >= 0.6 is 0 Å². The van der Waals surface area contributed by atoms with Crippen LogP contribution in [0, 0.1) is 0 Å². The third-order valence-corrected chi connectivity index (χ3v) is 6.04. The third kappa shape index (κ3) is 6.18. The van der Waals surface area contributed by atoms with Crippen LogP contribution in [0.2, 0.25) is 0 Å². The second-order valence-electron chi connectivity index (χ2n) is 10.2. The number of ether oxygens (including phenoxy) is 2. The second-order valence-corrected chi connectivity index (χ2v) is 10.2. The maximum atomic E-state index is 13.4. The van der Waals surface area contributed by atoms with Gasteiger partial charge in [0.15, 0.2) is 11.3 Å². The summed E-state index contributed by atoms with van der Waals surface area (Å²) in [5.74, 6) is -1.97. The summed E-state index contributed by atoms with van der Waals surface area (Å²) in [6.07, 6.45) is 0.337. The average Bonchev–Trinajstić information content (AvgIpc) is 3.24. The number of methoxy groups -OCH3 is 1. The number of rotatable bonds is 5. The van der Waals surface area contributed by atoms with Crippen molar-refractivity contribution in [1.82, 2.24) is 14.8 Å². The fraction of sp³-hybridized carbons (Fsp3) is 0.444. The molecule has 0 unspecified atom stereocenters. The van der Waals surface area contributed by atoms with Crippen molar-refractivity contribution in [2.75, 3.05) is 27.2 Å². The number of carbonyl (C=O) groups excluding carboxylic acids is 2. The molecule has 3 heterocycles. The summed E-state index contributed by atoms with van der Waals surface area (Å²) >= 11 is 0. The molecule has 198 valence electrons. The molecule has 1 aliphatic rings. The lowest BCUT2D eigenvalue weighted by Gasteiger charge is -2.31. The minimum absolute atomic E-state index is 0.0212. The molecule has 3 aromatic rings. The Morgan fingerprint density at radius 2 is 1.86 bits per heavy atom. The standard InChI is InChI=1S/C27H31F2N3O5/c1-26(2,3)37-25(34)31(4)16-20-13-19-12-18(14-22(35-5)23(19)36-20)21-7-6-17(15-30-21)24(33)32-10-8-27(28,29)9-11-32/h6-7,12-15H,8-11,16H2,1-5H3. The lowest BCUT2D eigenvalue weighted by Crippen LogP contribution is -2.42. The molecule has 2 aromatic heterocycles. The summed E-state index contributed by atoms with van der Waals surface area (Å²) in [6.45, 7) is 5.66. The second kappa shape index (κ2) is 9.99. The monoisotopic (exact) mass is 515 g/mol. The Morgan fingerprint density at radius 1 is 1.16 bits per heavy atom. The number of piperidine rings is 1. The van der Waals surface area contributed by atoms with Gasteiger partial charge in [-0.25, -0.2) is 13.6 Å². The van der Waals surface area contributed by atoms with Crippen LogP contribution in [0.15, 0.2) is 40.9 Å². The summed E-state index contributed by atoms with van der Waals surface area (Å²) < 4.78 is 43.7. The Hall–Kier alpha value is -3.69. The van der Waals surface area contributed by atoms with Gasteiger partial charge in [0.25, 0.3) is 11.8 Å². The van der Waals surface area contributed by atoms with Gasteiger partial charge in [-0.1, -0.05) is 0 Å². The van der Waals surface area contributed by atoms with Crippen molar-refractivity contribution in [2.24, 2.45) is 0 Å². The van der Waals surface area contributed by atoms with Gasteiger partial charge in [-0.05, 0) is 51.1 Å². The average molecular weight is 516 g/mol. The van der Waals surface area contributed by atoms with Gasteiger partial charge in [-0.15, -0.1) is 0 Å². The van der Waals surface area contributed by atoms with Gasteiger partial charge in [-0.2, -0.15) is 0 Å². The predicted octanol–water partition coefficient (Wildman–Crippen LogP) is 5.74. The molecule has 1 saturated heterocycles. The maximum Gasteiger partial charge on any atom is 0.410 e. The first-order chi connectivity index (χ1) is 17.3. The van der Waals surface area contributed by atoms with E-state index in [-0.39, 0.29) is 38.4 Å². The molecule has 0 N–H and O–H groups in total. The number of benzene rings is 1. The lowest BCUT2D eigenvalue weighted by molar-refractivity contribution is -0.0494. The normalized spacial score (nSPS) is 15.5. The van der Waals surface area contributed by atoms with E-state index in [0.717, 1.165) is 10.9 Å². The van der Waals surface area contributed by atoms with Crippen molar-refractivity contribution in [3.05, 3.63) is 47.9 Å².